The highest BCUT2D eigenvalue weighted by atomic mass is 32.4. The Labute approximate surface area is 679 Å². The van der Waals surface area contributed by atoms with Gasteiger partial charge in [-0.25, -0.2) is 18.3 Å². The maximum atomic E-state index is 10.6. The number of hydrogen-bond acceptors (Lipinski definition) is 20. The Hall–Kier alpha value is -0.000000000000000361. The van der Waals surface area contributed by atoms with Gasteiger partial charge in [0.15, 0.2) is 18.3 Å². The van der Waals surface area contributed by atoms with Gasteiger partial charge in [0.25, 0.3) is 0 Å². The van der Waals surface area contributed by atoms with Crippen molar-refractivity contribution < 1.29 is 121 Å². The number of aliphatic hydroxyl groups excluding tert-OH is 6. The molecule has 0 aliphatic carbocycles. The Morgan fingerprint density at radius 1 is 0.333 bits per heavy atom. The van der Waals surface area contributed by atoms with Crippen molar-refractivity contribution in [1.29, 1.82) is 0 Å². The third kappa shape index (κ3) is 108. The highest BCUT2D eigenvalue weighted by Crippen LogP contribution is 2.38. The number of hydrogen-bond donors (Lipinski definition) is 17. The molecule has 0 saturated heterocycles. The summed E-state index contributed by atoms with van der Waals surface area (Å²) in [5.74, 6) is 0. The van der Waals surface area contributed by atoms with Gasteiger partial charge in [-0.15, -0.1) is 0 Å². The van der Waals surface area contributed by atoms with Gasteiger partial charge in [-0.1, -0.05) is 353 Å². The topological polar surface area (TPSA) is 479 Å². The maximum Gasteiger partial charge on any atom is 0.469 e. The number of nitrogens with two attached hydrogens (primary N) is 2. The van der Waals surface area contributed by atoms with Crippen LogP contribution in [0.5, 0.6) is 0 Å². The maximum absolute atomic E-state index is 10.6. The summed E-state index contributed by atoms with van der Waals surface area (Å²) in [6.07, 6.45) is 68.6. The fourth-order valence-electron chi connectivity index (χ4n) is 11.6. The Morgan fingerprint density at radius 2 is 0.559 bits per heavy atom. The van der Waals surface area contributed by atoms with E-state index in [1.807, 2.05) is 6.08 Å². The highest BCUT2D eigenvalue weighted by molar-refractivity contribution is 7.88. The minimum Gasteiger partial charge on any atom is -0.389 e. The van der Waals surface area contributed by atoms with Crippen LogP contribution in [0, 0.1) is 0 Å². The molecule has 0 aliphatic heterocycles. The molecule has 0 bridgehead atoms. The second kappa shape index (κ2) is 86.4. The van der Waals surface area contributed by atoms with Crippen LogP contribution in [-0.2, 0) is 57.6 Å². The van der Waals surface area contributed by atoms with Crippen LogP contribution < -0.4 is 11.5 Å². The Bertz CT molecular complexity index is 2170. The minimum atomic E-state index is -4.71. The average molecular weight is 1720 g/mol. The number of unbranched alkanes of at least 4 members (excludes halogenated alkanes) is 48. The van der Waals surface area contributed by atoms with Crippen LogP contribution in [0.2, 0.25) is 0 Å². The zero-order valence-corrected chi connectivity index (χ0v) is 74.7. The van der Waals surface area contributed by atoms with Gasteiger partial charge < -0.3 is 90.1 Å². The molecule has 0 fully saturated rings. The van der Waals surface area contributed by atoms with Crippen LogP contribution in [0.1, 0.15) is 387 Å². The first-order chi connectivity index (χ1) is 52.8. The van der Waals surface area contributed by atoms with E-state index in [1.165, 1.54) is 263 Å². The Morgan fingerprint density at radius 3 is 0.820 bits per heavy atom. The molecule has 0 amide bonds. The van der Waals surface area contributed by atoms with Crippen molar-refractivity contribution in [3.63, 3.8) is 0 Å². The lowest BCUT2D eigenvalue weighted by Gasteiger charge is -2.28. The van der Waals surface area contributed by atoms with Crippen molar-refractivity contribution in [3.05, 3.63) is 24.3 Å². The lowest BCUT2D eigenvalue weighted by atomic mass is 10.0. The quantitative estimate of drug-likeness (QED) is 0.0116. The summed E-state index contributed by atoms with van der Waals surface area (Å²) >= 11 is 3.89. The van der Waals surface area contributed by atoms with Gasteiger partial charge in [-0.05, 0) is 78.6 Å². The zero-order valence-electron chi connectivity index (χ0n) is 69.3. The molecule has 0 heterocycles. The summed E-state index contributed by atoms with van der Waals surface area (Å²) < 4.78 is 69.1. The van der Waals surface area contributed by atoms with Gasteiger partial charge >= 0.3 is 31.3 Å². The highest BCUT2D eigenvalue weighted by Gasteiger charge is 2.34. The van der Waals surface area contributed by atoms with Crippen LogP contribution in [0.4, 0.5) is 0 Å². The molecule has 0 spiro atoms. The van der Waals surface area contributed by atoms with E-state index in [0.717, 1.165) is 70.6 Å². The third-order valence-electron chi connectivity index (χ3n) is 18.4. The molecule has 670 valence electrons. The van der Waals surface area contributed by atoms with Gasteiger partial charge in [0.1, 0.15) is 18.8 Å². The molecule has 0 aromatic heterocycles. The fourth-order valence-corrected chi connectivity index (χ4v) is 13.1. The molecule has 0 saturated carbocycles. The predicted molar refractivity (Wildman–Crippen MR) is 452 cm³/mol. The van der Waals surface area contributed by atoms with Crippen LogP contribution in [0.3, 0.4) is 0 Å². The molecule has 19 N–H and O–H groups in total. The molecule has 111 heavy (non-hydrogen) atoms. The second-order valence-corrected chi connectivity index (χ2v) is 34.5. The molecule has 0 aromatic rings. The first-order valence-corrected chi connectivity index (χ1v) is 50.4. The van der Waals surface area contributed by atoms with Crippen molar-refractivity contribution in [3.8, 4) is 0 Å². The number of rotatable bonds is 78. The number of phosphoric ester groups is 4. The SMILES string of the molecule is CCCCCCCC/C=C\CCCCCCC[C@@H](O)OC[C@@H](O)COP(=O)(O)O.CCCCCCCCCCCCC/C=C\[C@@H](O)[C@@H](N)COP(=O)(O)O.CCCCCCCCCCCCCCCCC[C@@H](O)OC[C@@H](O)COP(=O)(O)O.CCCCCCCCCCCCCCC[C@@H](O)[C@](N)(O)COP(=O)(O)O.P=S. The van der Waals surface area contributed by atoms with Crippen LogP contribution in [-0.4, -0.2) is 163 Å². The molecule has 0 aliphatic rings. The Kier molecular flexibility index (Phi) is 93.0. The van der Waals surface area contributed by atoms with E-state index in [4.69, 9.17) is 60.1 Å². The largest absolute Gasteiger partial charge is 0.469 e. The van der Waals surface area contributed by atoms with E-state index in [2.05, 4.69) is 77.8 Å². The van der Waals surface area contributed by atoms with Crippen LogP contribution >= 0.6 is 39.3 Å². The van der Waals surface area contributed by atoms with E-state index in [1.54, 1.807) is 6.08 Å². The van der Waals surface area contributed by atoms with Crippen LogP contribution in [0.15, 0.2) is 24.3 Å². The van der Waals surface area contributed by atoms with E-state index in [0.29, 0.717) is 19.3 Å². The van der Waals surface area contributed by atoms with Gasteiger partial charge in [-0.3, -0.25) is 23.8 Å². The number of aliphatic hydroxyl groups is 7. The average Bonchev–Trinajstić information content (AvgIpc) is 0.874. The first kappa shape index (κ1) is 120. The molecule has 0 unspecified atom stereocenters. The molecular formula is C78H167N2O25P5S. The molecule has 27 nitrogen and oxygen atoms in total. The first-order valence-electron chi connectivity index (χ1n) is 42.7. The predicted octanol–water partition coefficient (Wildman–Crippen LogP) is 18.1. The molecular weight excluding hydrogens is 1550 g/mol. The normalized spacial score (nSPS) is 14.6. The monoisotopic (exact) mass is 1720 g/mol. The lowest BCUT2D eigenvalue weighted by Crippen LogP contribution is -2.54. The summed E-state index contributed by atoms with van der Waals surface area (Å²) in [7, 11) is -15.9. The second-order valence-electron chi connectivity index (χ2n) is 29.6. The summed E-state index contributed by atoms with van der Waals surface area (Å²) in [6, 6.07) is -0.846. The number of ether oxygens (including phenoxy) is 2. The smallest absolute Gasteiger partial charge is 0.389 e. The van der Waals surface area contributed by atoms with E-state index >= 15 is 0 Å². The lowest BCUT2D eigenvalue weighted by molar-refractivity contribution is -0.129. The van der Waals surface area contributed by atoms with Crippen molar-refractivity contribution in [2.75, 3.05) is 39.6 Å². The van der Waals surface area contributed by atoms with E-state index in [9.17, 15) is 54.0 Å². The minimum absolute atomic E-state index is 0.222. The van der Waals surface area contributed by atoms with Gasteiger partial charge in [0.2, 0.25) is 0 Å². The van der Waals surface area contributed by atoms with Crippen molar-refractivity contribution >= 4 is 51.1 Å². The summed E-state index contributed by atoms with van der Waals surface area (Å²) in [4.78, 5) is 68.5. The Balaban J connectivity index is -0.000000447. The van der Waals surface area contributed by atoms with Crippen LogP contribution in [0.25, 0.3) is 0 Å². The van der Waals surface area contributed by atoms with Gasteiger partial charge in [0, 0.05) is 0 Å². The molecule has 0 rings (SSSR count). The summed E-state index contributed by atoms with van der Waals surface area (Å²) in [5, 5.41) is 67.7. The van der Waals surface area contributed by atoms with Crippen molar-refractivity contribution in [2.24, 2.45) is 11.5 Å². The summed E-state index contributed by atoms with van der Waals surface area (Å²) in [6.45, 7) is 6.26. The standard InChI is InChI=1S/C21H45O7P.C21H43O7P.C18H40NO6P.C18H38NO5P.HPS/c2*1-2-3-4-5-6-7-8-9-10-11-12-13-14-15-16-17-21(23)27-18-20(22)19-28-29(24,25)26;1-2-3-4-5-6-7-8-9-10-11-12-13-14-15-17(20)18(19,21)16-25-26(22,23)24;1-2-3-4-5-6-7-8-9-10-11-12-13-14-15-18(20)17(19)16-24-25(21,22)23;1-2/h20-23H,2-19H2,1H3,(H2,24,25,26);9-10,20-23H,2-8,11-19H2,1H3,(H2,24,25,26);17,20-21H,2-16,19H2,1H3,(H2,22,23,24);14-15,17-18,20H,2-13,16,19H2,1H3,(H2,21,22,23);1H/b;10-9-;;15-14-;/t2*20-,21+;17-,18-;17-,18+;/m1110./s1. The van der Waals surface area contributed by atoms with Gasteiger partial charge in [0.05, 0.1) is 51.3 Å². The molecule has 8 atom stereocenters. The zero-order chi connectivity index (χ0) is 84.5. The van der Waals surface area contributed by atoms with E-state index in [-0.39, 0.29) is 26.2 Å². The van der Waals surface area contributed by atoms with Crippen molar-refractivity contribution in [2.45, 2.75) is 436 Å². The molecule has 0 aromatic carbocycles. The number of allylic oxidation sites excluding steroid dienone is 3. The molecule has 33 heteroatoms. The summed E-state index contributed by atoms with van der Waals surface area (Å²) in [5.41, 5.74) is 8.90. The number of phosphoric acid groups is 4. The van der Waals surface area contributed by atoms with E-state index < -0.39 is 99.9 Å². The molecule has 0 radical (unpaired) electrons. The fraction of sp³-hybridized carbons (Fsp3) is 0.949. The third-order valence-corrected chi connectivity index (χ3v) is 20.3. The van der Waals surface area contributed by atoms with Gasteiger partial charge in [-0.2, -0.15) is 0 Å². The van der Waals surface area contributed by atoms with Crippen molar-refractivity contribution in [1.82, 2.24) is 0 Å².